The predicted octanol–water partition coefficient (Wildman–Crippen LogP) is 2.82. The Morgan fingerprint density at radius 1 is 0.983 bits per heavy atom. The molecule has 4 fully saturated rings. The van der Waals surface area contributed by atoms with Crippen molar-refractivity contribution in [2.75, 3.05) is 13.2 Å². The van der Waals surface area contributed by atoms with Crippen LogP contribution < -0.4 is 10.6 Å². The van der Waals surface area contributed by atoms with Crippen LogP contribution in [0.25, 0.3) is 6.08 Å². The molecule has 59 heavy (non-hydrogen) atoms. The Balaban J connectivity index is 1.12. The number of aliphatic hydroxyl groups is 2. The normalized spacial score (nSPS) is 26.1. The van der Waals surface area contributed by atoms with Crippen molar-refractivity contribution in [3.8, 4) is 0 Å². The van der Waals surface area contributed by atoms with Gasteiger partial charge in [-0.25, -0.2) is 14.4 Å². The largest absolute Gasteiger partial charge is 0.462 e. The maximum atomic E-state index is 13.9. The van der Waals surface area contributed by atoms with Crippen LogP contribution in [-0.2, 0) is 52.4 Å². The summed E-state index contributed by atoms with van der Waals surface area (Å²) in [4.78, 5) is 77.6. The van der Waals surface area contributed by atoms with Crippen LogP contribution in [0.4, 0.5) is 0 Å². The van der Waals surface area contributed by atoms with Crippen molar-refractivity contribution in [1.29, 1.82) is 0 Å². The van der Waals surface area contributed by atoms with Gasteiger partial charge >= 0.3 is 23.9 Å². The molecule has 6 rings (SSSR count). The van der Waals surface area contributed by atoms with Gasteiger partial charge < -0.3 is 49.3 Å². The molecule has 7 atom stereocenters. The second-order valence-corrected chi connectivity index (χ2v) is 17.8. The van der Waals surface area contributed by atoms with E-state index in [1.165, 1.54) is 31.2 Å². The van der Waals surface area contributed by atoms with Gasteiger partial charge in [0.15, 0.2) is 5.79 Å². The SMILES string of the molecule is C[C@H](O)[C@@H](NC(=O)C1=C[C@H]2OC(C3CC3)(C3CC3)O[C@H]2[C@H](OC(=O)c2ccc(C=CC(=O)O[C@H]3C(=O)OCC3(C)C)cc2)C1)C(=O)N[C@H](CO)CCC(=O)OC(C)(C)C. The first-order chi connectivity index (χ1) is 27.8. The van der Waals surface area contributed by atoms with E-state index in [9.17, 15) is 39.0 Å². The quantitative estimate of drug-likeness (QED) is 0.107. The van der Waals surface area contributed by atoms with Crippen molar-refractivity contribution < 1.29 is 67.4 Å². The van der Waals surface area contributed by atoms with Crippen molar-refractivity contribution in [1.82, 2.24) is 10.6 Å². The first-order valence-corrected chi connectivity index (χ1v) is 20.3. The number of amides is 2. The van der Waals surface area contributed by atoms with E-state index in [1.54, 1.807) is 52.8 Å². The summed E-state index contributed by atoms with van der Waals surface area (Å²) in [6, 6.07) is 3.98. The summed E-state index contributed by atoms with van der Waals surface area (Å²) in [6.45, 7) is 9.71. The van der Waals surface area contributed by atoms with E-state index in [1.807, 2.05) is 0 Å². The van der Waals surface area contributed by atoms with E-state index in [4.69, 9.17) is 28.4 Å². The first kappa shape index (κ1) is 43.9. The number of hydrogen-bond acceptors (Lipinski definition) is 14. The lowest BCUT2D eigenvalue weighted by Crippen LogP contribution is -2.55. The van der Waals surface area contributed by atoms with Crippen molar-refractivity contribution in [2.24, 2.45) is 17.3 Å². The lowest BCUT2D eigenvalue weighted by Gasteiger charge is -2.31. The molecule has 0 unspecified atom stereocenters. The average Bonchev–Trinajstić information content (AvgIpc) is 4.12. The Labute approximate surface area is 343 Å². The van der Waals surface area contributed by atoms with Crippen LogP contribution in [0.3, 0.4) is 0 Å². The summed E-state index contributed by atoms with van der Waals surface area (Å²) < 4.78 is 35.0. The molecule has 0 radical (unpaired) electrons. The highest BCUT2D eigenvalue weighted by Crippen LogP contribution is 2.59. The molecule has 1 aromatic carbocycles. The van der Waals surface area contributed by atoms with Crippen molar-refractivity contribution in [2.45, 2.75) is 140 Å². The third-order valence-electron chi connectivity index (χ3n) is 11.0. The molecular weight excluding hydrogens is 768 g/mol. The van der Waals surface area contributed by atoms with Gasteiger partial charge in [0.25, 0.3) is 0 Å². The van der Waals surface area contributed by atoms with Crippen LogP contribution in [0.2, 0.25) is 0 Å². The third-order valence-corrected chi connectivity index (χ3v) is 11.0. The monoisotopic (exact) mass is 824 g/mol. The molecule has 0 spiro atoms. The number of nitrogens with one attached hydrogen (secondary N) is 2. The lowest BCUT2D eigenvalue weighted by atomic mass is 9.90. The molecule has 0 bridgehead atoms. The molecule has 1 aromatic rings. The molecule has 2 heterocycles. The maximum Gasteiger partial charge on any atom is 0.348 e. The number of cyclic esters (lactones) is 1. The van der Waals surface area contributed by atoms with E-state index in [0.717, 1.165) is 25.7 Å². The van der Waals surface area contributed by atoms with E-state index < -0.39 is 102 Å². The summed E-state index contributed by atoms with van der Waals surface area (Å²) >= 11 is 0. The van der Waals surface area contributed by atoms with Crippen LogP contribution in [0.5, 0.6) is 0 Å². The molecule has 322 valence electrons. The molecule has 2 saturated heterocycles. The van der Waals surface area contributed by atoms with Crippen LogP contribution in [0.1, 0.15) is 102 Å². The maximum absolute atomic E-state index is 13.9. The standard InChI is InChI=1S/C43H56N2O14/c1-23(47)34(38(51)44-29(21-46)16-18-33(49)58-41(2,3)4)45-37(50)26-19-30(35-31(20-26)57-43(59-35,27-12-13-27)28-14-15-28)55-39(52)25-10-7-24(8-11-25)9-17-32(48)56-36-40(53)54-22-42(36,5)6/h7-11,17,20,23,27-31,34-36,46-47H,12-16,18-19,21-22H2,1-6H3,(H,44,51)(H,45,50)/t23-,29-,30+,31+,34+,35-,36-/m0/s1. The van der Waals surface area contributed by atoms with Gasteiger partial charge in [-0.05, 0) is 89.6 Å². The Kier molecular flexibility index (Phi) is 13.0. The number of benzene rings is 1. The topological polar surface area (TPSA) is 222 Å². The fourth-order valence-electron chi connectivity index (χ4n) is 7.58. The zero-order chi connectivity index (χ0) is 42.9. The highest BCUT2D eigenvalue weighted by atomic mass is 16.8. The average molecular weight is 825 g/mol. The van der Waals surface area contributed by atoms with Gasteiger partial charge in [0.05, 0.1) is 24.3 Å². The summed E-state index contributed by atoms with van der Waals surface area (Å²) in [5, 5.41) is 25.7. The number of ether oxygens (including phenoxy) is 6. The van der Waals surface area contributed by atoms with Gasteiger partial charge in [-0.15, -0.1) is 0 Å². The third kappa shape index (κ3) is 10.8. The molecular formula is C43H56N2O14. The number of carbonyl (C=O) groups excluding carboxylic acids is 6. The smallest absolute Gasteiger partial charge is 0.348 e. The summed E-state index contributed by atoms with van der Waals surface area (Å²) in [5.74, 6) is -4.47. The molecule has 2 amide bonds. The number of esters is 4. The van der Waals surface area contributed by atoms with Crippen molar-refractivity contribution in [3.05, 3.63) is 53.1 Å². The Bertz CT molecular complexity index is 1830. The fraction of sp³-hybridized carbons (Fsp3) is 0.628. The minimum Gasteiger partial charge on any atom is -0.462 e. The van der Waals surface area contributed by atoms with Gasteiger partial charge in [0.2, 0.25) is 17.9 Å². The van der Waals surface area contributed by atoms with Gasteiger partial charge in [-0.2, -0.15) is 0 Å². The van der Waals surface area contributed by atoms with Crippen LogP contribution in [-0.4, -0.2) is 113 Å². The minimum atomic E-state index is -1.43. The van der Waals surface area contributed by atoms with Gasteiger partial charge in [0, 0.05) is 41.7 Å². The van der Waals surface area contributed by atoms with E-state index >= 15 is 0 Å². The second-order valence-electron chi connectivity index (χ2n) is 17.8. The number of rotatable bonds is 16. The highest BCUT2D eigenvalue weighted by molar-refractivity contribution is 5.98. The second kappa shape index (κ2) is 17.5. The van der Waals surface area contributed by atoms with Crippen molar-refractivity contribution >= 4 is 41.8 Å². The first-order valence-electron chi connectivity index (χ1n) is 20.3. The Morgan fingerprint density at radius 3 is 2.20 bits per heavy atom. The number of fused-ring (bicyclic) bond motifs is 1. The Morgan fingerprint density at radius 2 is 1.64 bits per heavy atom. The van der Waals surface area contributed by atoms with E-state index in [0.29, 0.717) is 5.56 Å². The zero-order valence-electron chi connectivity index (χ0n) is 34.4. The van der Waals surface area contributed by atoms with Crippen LogP contribution >= 0.6 is 0 Å². The number of hydrogen-bond donors (Lipinski definition) is 4. The predicted molar refractivity (Wildman–Crippen MR) is 208 cm³/mol. The van der Waals surface area contributed by atoms with Gasteiger partial charge in [-0.1, -0.05) is 26.0 Å². The molecule has 2 saturated carbocycles. The molecule has 16 nitrogen and oxygen atoms in total. The highest BCUT2D eigenvalue weighted by Gasteiger charge is 2.64. The van der Waals surface area contributed by atoms with Gasteiger partial charge in [0.1, 0.15) is 36.6 Å². The van der Waals surface area contributed by atoms with E-state index in [-0.39, 0.29) is 48.8 Å². The van der Waals surface area contributed by atoms with Crippen LogP contribution in [0, 0.1) is 17.3 Å². The summed E-state index contributed by atoms with van der Waals surface area (Å²) in [5.41, 5.74) is -0.417. The molecule has 4 N–H and O–H groups in total. The molecule has 16 heteroatoms. The fourth-order valence-corrected chi connectivity index (χ4v) is 7.58. The lowest BCUT2D eigenvalue weighted by molar-refractivity contribution is -0.209. The molecule has 5 aliphatic rings. The molecule has 3 aliphatic carbocycles. The molecule has 0 aromatic heterocycles. The van der Waals surface area contributed by atoms with Gasteiger partial charge in [-0.3, -0.25) is 14.4 Å². The summed E-state index contributed by atoms with van der Waals surface area (Å²) in [7, 11) is 0. The summed E-state index contributed by atoms with van der Waals surface area (Å²) in [6.07, 6.45) is 3.16. The van der Waals surface area contributed by atoms with Crippen molar-refractivity contribution in [3.63, 3.8) is 0 Å². The van der Waals surface area contributed by atoms with E-state index in [2.05, 4.69) is 10.6 Å². The Hall–Kier alpha value is -4.64. The zero-order valence-corrected chi connectivity index (χ0v) is 34.4. The molecule has 2 aliphatic heterocycles. The number of carbonyl (C=O) groups is 6. The minimum absolute atomic E-state index is 0.0619. The van der Waals surface area contributed by atoms with Crippen LogP contribution in [0.15, 0.2) is 42.0 Å². The number of aliphatic hydroxyl groups excluding tert-OH is 2.